The first-order chi connectivity index (χ1) is 10.1. The zero-order chi connectivity index (χ0) is 15.0. The highest BCUT2D eigenvalue weighted by Gasteiger charge is 2.37. The Morgan fingerprint density at radius 2 is 2.10 bits per heavy atom. The molecule has 0 spiro atoms. The van der Waals surface area contributed by atoms with E-state index in [1.54, 1.807) is 24.3 Å². The fraction of sp³-hybridized carbons (Fsp3) is 0.357. The highest BCUT2D eigenvalue weighted by Crippen LogP contribution is 2.36. The quantitative estimate of drug-likeness (QED) is 0.891. The number of nitrogens with zero attached hydrogens (tertiary/aromatic N) is 2. The molecule has 1 aromatic rings. The maximum absolute atomic E-state index is 12.4. The molecule has 0 saturated carbocycles. The van der Waals surface area contributed by atoms with Crippen molar-refractivity contribution >= 4 is 35.2 Å². The zero-order valence-corrected chi connectivity index (χ0v) is 12.0. The smallest absolute Gasteiger partial charge is 0.312 e. The molecule has 3 rings (SSSR count). The van der Waals surface area contributed by atoms with Gasteiger partial charge in [0.05, 0.1) is 11.6 Å². The van der Waals surface area contributed by atoms with E-state index in [1.807, 2.05) is 0 Å². The first-order valence-corrected chi connectivity index (χ1v) is 7.71. The number of hydrogen-bond donors (Lipinski definition) is 1. The van der Waals surface area contributed by atoms with E-state index < -0.39 is 11.9 Å². The van der Waals surface area contributed by atoms with Gasteiger partial charge in [0.1, 0.15) is 12.5 Å². The molecule has 0 bridgehead atoms. The van der Waals surface area contributed by atoms with Crippen molar-refractivity contribution < 1.29 is 19.5 Å². The Bertz CT molecular complexity index is 619. The lowest BCUT2D eigenvalue weighted by atomic mass is 10.0. The predicted octanol–water partition coefficient (Wildman–Crippen LogP) is 0.734. The summed E-state index contributed by atoms with van der Waals surface area (Å²) in [5.41, 5.74) is 1.29. The molecule has 1 atom stereocenters. The van der Waals surface area contributed by atoms with Crippen molar-refractivity contribution in [3.05, 3.63) is 29.8 Å². The molecule has 0 aliphatic carbocycles. The maximum Gasteiger partial charge on any atom is 0.312 e. The first kappa shape index (κ1) is 13.9. The molecule has 2 heterocycles. The van der Waals surface area contributed by atoms with Gasteiger partial charge in [-0.15, -0.1) is 11.8 Å². The van der Waals surface area contributed by atoms with E-state index in [0.717, 1.165) is 0 Å². The van der Waals surface area contributed by atoms with Gasteiger partial charge in [-0.3, -0.25) is 14.4 Å². The SMILES string of the molecule is O=C(O)[C@H]1CN(C(=O)CN2CSCC2=O)c2ccccc21. The third kappa shape index (κ3) is 2.49. The van der Waals surface area contributed by atoms with Gasteiger partial charge in [-0.05, 0) is 11.6 Å². The summed E-state index contributed by atoms with van der Waals surface area (Å²) in [5.74, 6) is -0.999. The fourth-order valence-corrected chi connectivity index (χ4v) is 3.55. The summed E-state index contributed by atoms with van der Waals surface area (Å²) in [6, 6.07) is 7.03. The van der Waals surface area contributed by atoms with Crippen LogP contribution in [-0.4, -0.2) is 52.5 Å². The van der Waals surface area contributed by atoms with E-state index in [9.17, 15) is 19.5 Å². The monoisotopic (exact) mass is 306 g/mol. The molecule has 1 N–H and O–H groups in total. The van der Waals surface area contributed by atoms with Gasteiger partial charge in [0.2, 0.25) is 11.8 Å². The van der Waals surface area contributed by atoms with Crippen LogP contribution in [0.25, 0.3) is 0 Å². The summed E-state index contributed by atoms with van der Waals surface area (Å²) in [7, 11) is 0. The van der Waals surface area contributed by atoms with Crippen molar-refractivity contribution in [2.45, 2.75) is 5.92 Å². The number of thioether (sulfide) groups is 1. The van der Waals surface area contributed by atoms with Crippen LogP contribution in [0.3, 0.4) is 0 Å². The first-order valence-electron chi connectivity index (χ1n) is 6.55. The number of aliphatic carboxylic acids is 1. The second kappa shape index (κ2) is 5.40. The lowest BCUT2D eigenvalue weighted by Gasteiger charge is -2.21. The minimum Gasteiger partial charge on any atom is -0.481 e. The van der Waals surface area contributed by atoms with Crippen molar-refractivity contribution in [3.63, 3.8) is 0 Å². The summed E-state index contributed by atoms with van der Waals surface area (Å²) in [5, 5.41) is 9.28. The number of carbonyl (C=O) groups excluding carboxylic acids is 2. The van der Waals surface area contributed by atoms with E-state index in [4.69, 9.17) is 0 Å². The van der Waals surface area contributed by atoms with Crippen LogP contribution in [0.4, 0.5) is 5.69 Å². The molecule has 6 nitrogen and oxygen atoms in total. The van der Waals surface area contributed by atoms with Gasteiger partial charge in [-0.25, -0.2) is 0 Å². The number of anilines is 1. The van der Waals surface area contributed by atoms with E-state index in [0.29, 0.717) is 22.9 Å². The Morgan fingerprint density at radius 1 is 1.33 bits per heavy atom. The average Bonchev–Trinajstić information content (AvgIpc) is 3.03. The molecule has 0 radical (unpaired) electrons. The summed E-state index contributed by atoms with van der Waals surface area (Å²) >= 11 is 1.48. The fourth-order valence-electron chi connectivity index (χ4n) is 2.64. The number of benzene rings is 1. The van der Waals surface area contributed by atoms with Crippen molar-refractivity contribution in [2.24, 2.45) is 0 Å². The number of carboxylic acid groups (broad SMARTS) is 1. The number of rotatable bonds is 3. The molecule has 2 aliphatic heterocycles. The highest BCUT2D eigenvalue weighted by atomic mass is 32.2. The topological polar surface area (TPSA) is 77.9 Å². The molecule has 110 valence electrons. The molecular formula is C14H14N2O4S. The summed E-state index contributed by atoms with van der Waals surface area (Å²) in [6.07, 6.45) is 0. The molecule has 0 aromatic heterocycles. The van der Waals surface area contributed by atoms with Gasteiger partial charge in [-0.1, -0.05) is 18.2 Å². The van der Waals surface area contributed by atoms with E-state index >= 15 is 0 Å². The lowest BCUT2D eigenvalue weighted by molar-refractivity contribution is -0.138. The van der Waals surface area contributed by atoms with Gasteiger partial charge >= 0.3 is 5.97 Å². The van der Waals surface area contributed by atoms with Crippen LogP contribution in [0.5, 0.6) is 0 Å². The molecule has 1 aromatic carbocycles. The van der Waals surface area contributed by atoms with Crippen LogP contribution in [0, 0.1) is 0 Å². The standard InChI is InChI=1S/C14H14N2O4S/c17-12(6-15-8-21-7-13(15)18)16-5-10(14(19)20)9-3-1-2-4-11(9)16/h1-4,10H,5-8H2,(H,19,20)/t10-/m0/s1. The number of para-hydroxylation sites is 1. The minimum atomic E-state index is -0.939. The van der Waals surface area contributed by atoms with Crippen molar-refractivity contribution in [2.75, 3.05) is 29.6 Å². The summed E-state index contributed by atoms with van der Waals surface area (Å²) < 4.78 is 0. The van der Waals surface area contributed by atoms with Crippen LogP contribution in [-0.2, 0) is 14.4 Å². The van der Waals surface area contributed by atoms with Gasteiger partial charge < -0.3 is 14.9 Å². The molecule has 7 heteroatoms. The van der Waals surface area contributed by atoms with Crippen LogP contribution in [0.15, 0.2) is 24.3 Å². The maximum atomic E-state index is 12.4. The highest BCUT2D eigenvalue weighted by molar-refractivity contribution is 8.00. The van der Waals surface area contributed by atoms with Crippen molar-refractivity contribution in [1.29, 1.82) is 0 Å². The van der Waals surface area contributed by atoms with E-state index in [2.05, 4.69) is 0 Å². The molecule has 0 unspecified atom stereocenters. The lowest BCUT2D eigenvalue weighted by Crippen LogP contribution is -2.41. The molecule has 21 heavy (non-hydrogen) atoms. The number of amides is 2. The third-order valence-corrected chi connectivity index (χ3v) is 4.66. The summed E-state index contributed by atoms with van der Waals surface area (Å²) in [4.78, 5) is 38.3. The Kier molecular flexibility index (Phi) is 3.59. The van der Waals surface area contributed by atoms with Crippen LogP contribution < -0.4 is 4.90 Å². The Labute approximate surface area is 125 Å². The van der Waals surface area contributed by atoms with Gasteiger partial charge in [0.25, 0.3) is 0 Å². The average molecular weight is 306 g/mol. The number of carbonyl (C=O) groups is 3. The zero-order valence-electron chi connectivity index (χ0n) is 11.2. The van der Waals surface area contributed by atoms with Gasteiger partial charge in [-0.2, -0.15) is 0 Å². The van der Waals surface area contributed by atoms with Crippen molar-refractivity contribution in [3.8, 4) is 0 Å². The van der Waals surface area contributed by atoms with E-state index in [-0.39, 0.29) is 24.9 Å². The Morgan fingerprint density at radius 3 is 2.76 bits per heavy atom. The molecule has 1 fully saturated rings. The van der Waals surface area contributed by atoms with Crippen molar-refractivity contribution in [1.82, 2.24) is 4.90 Å². The number of hydrogen-bond acceptors (Lipinski definition) is 4. The van der Waals surface area contributed by atoms with Gasteiger partial charge in [0, 0.05) is 12.2 Å². The molecule has 2 amide bonds. The number of fused-ring (bicyclic) bond motifs is 1. The predicted molar refractivity (Wildman–Crippen MR) is 78.2 cm³/mol. The second-order valence-corrected chi connectivity index (χ2v) is 5.98. The molecule has 1 saturated heterocycles. The Balaban J connectivity index is 1.81. The van der Waals surface area contributed by atoms with Crippen LogP contribution >= 0.6 is 11.8 Å². The van der Waals surface area contributed by atoms with Crippen LogP contribution in [0.2, 0.25) is 0 Å². The summed E-state index contributed by atoms with van der Waals surface area (Å²) in [6.45, 7) is 0.134. The van der Waals surface area contributed by atoms with Crippen LogP contribution in [0.1, 0.15) is 11.5 Å². The van der Waals surface area contributed by atoms with Gasteiger partial charge in [0.15, 0.2) is 0 Å². The normalized spacial score (nSPS) is 20.8. The Hall–Kier alpha value is -2.02. The third-order valence-electron chi connectivity index (χ3n) is 3.72. The second-order valence-electron chi connectivity index (χ2n) is 5.02. The minimum absolute atomic E-state index is 0.00646. The van der Waals surface area contributed by atoms with E-state index in [1.165, 1.54) is 21.6 Å². The number of carboxylic acids is 1. The molecular weight excluding hydrogens is 292 g/mol. The largest absolute Gasteiger partial charge is 0.481 e. The molecule has 2 aliphatic rings.